The molecule has 0 aliphatic rings. The molecule has 0 amide bonds. The van der Waals surface area contributed by atoms with Gasteiger partial charge in [0.15, 0.2) is 11.5 Å². The standard InChI is InChI=1S/C8H9NO4/c1-12-6-4-9-3-5(8(10)11)7(6)13-2/h3-4H,1-2H3,(H,10,11). The van der Waals surface area contributed by atoms with Crippen molar-refractivity contribution in [1.29, 1.82) is 0 Å². The van der Waals surface area contributed by atoms with Crippen molar-refractivity contribution >= 4 is 5.97 Å². The Kier molecular flexibility index (Phi) is 2.69. The Morgan fingerprint density at radius 2 is 2.08 bits per heavy atom. The molecule has 0 saturated heterocycles. The van der Waals surface area contributed by atoms with Gasteiger partial charge in [-0.05, 0) is 0 Å². The average molecular weight is 183 g/mol. The van der Waals surface area contributed by atoms with E-state index in [1.165, 1.54) is 26.6 Å². The Morgan fingerprint density at radius 3 is 2.54 bits per heavy atom. The molecule has 1 rings (SSSR count). The largest absolute Gasteiger partial charge is 0.492 e. The van der Waals surface area contributed by atoms with Gasteiger partial charge in [0.05, 0.1) is 20.4 Å². The lowest BCUT2D eigenvalue weighted by Crippen LogP contribution is -2.03. The van der Waals surface area contributed by atoms with E-state index >= 15 is 0 Å². The van der Waals surface area contributed by atoms with E-state index in [9.17, 15) is 4.79 Å². The van der Waals surface area contributed by atoms with Crippen LogP contribution in [0.5, 0.6) is 11.5 Å². The predicted molar refractivity (Wildman–Crippen MR) is 44.3 cm³/mol. The third-order valence-electron chi connectivity index (χ3n) is 1.52. The highest BCUT2D eigenvalue weighted by molar-refractivity contribution is 5.91. The molecule has 1 aromatic rings. The molecule has 0 bridgehead atoms. The van der Waals surface area contributed by atoms with Gasteiger partial charge < -0.3 is 14.6 Å². The molecule has 0 aromatic carbocycles. The van der Waals surface area contributed by atoms with E-state index in [2.05, 4.69) is 4.98 Å². The molecule has 0 aliphatic carbocycles. The summed E-state index contributed by atoms with van der Waals surface area (Å²) in [5.41, 5.74) is -0.0122. The minimum Gasteiger partial charge on any atom is -0.492 e. The lowest BCUT2D eigenvalue weighted by Gasteiger charge is -2.08. The topological polar surface area (TPSA) is 68.7 Å². The molecule has 0 fully saturated rings. The van der Waals surface area contributed by atoms with Gasteiger partial charge in [-0.15, -0.1) is 0 Å². The number of methoxy groups -OCH3 is 2. The molecule has 0 atom stereocenters. The van der Waals surface area contributed by atoms with Crippen molar-refractivity contribution in [3.63, 3.8) is 0 Å². The minimum atomic E-state index is -1.09. The summed E-state index contributed by atoms with van der Waals surface area (Å²) < 4.78 is 9.76. The van der Waals surface area contributed by atoms with Crippen LogP contribution in [0.25, 0.3) is 0 Å². The Morgan fingerprint density at radius 1 is 1.38 bits per heavy atom. The molecule has 1 aromatic heterocycles. The number of hydrogen-bond donors (Lipinski definition) is 1. The van der Waals surface area contributed by atoms with E-state index in [0.29, 0.717) is 5.75 Å². The number of pyridine rings is 1. The second kappa shape index (κ2) is 3.75. The van der Waals surface area contributed by atoms with E-state index in [0.717, 1.165) is 0 Å². The quantitative estimate of drug-likeness (QED) is 0.750. The minimum absolute atomic E-state index is 0.0122. The number of nitrogens with zero attached hydrogens (tertiary/aromatic N) is 1. The number of hydrogen-bond acceptors (Lipinski definition) is 4. The lowest BCUT2D eigenvalue weighted by atomic mass is 10.2. The molecule has 5 heteroatoms. The number of carbonyl (C=O) groups is 1. The highest BCUT2D eigenvalue weighted by atomic mass is 16.5. The molecule has 0 aliphatic heterocycles. The summed E-state index contributed by atoms with van der Waals surface area (Å²) in [4.78, 5) is 14.4. The molecular formula is C8H9NO4. The second-order valence-corrected chi connectivity index (χ2v) is 2.23. The Balaban J connectivity index is 3.27. The van der Waals surface area contributed by atoms with Gasteiger partial charge in [0, 0.05) is 6.20 Å². The van der Waals surface area contributed by atoms with Gasteiger partial charge in [-0.1, -0.05) is 0 Å². The molecule has 1 N–H and O–H groups in total. The maximum atomic E-state index is 10.7. The summed E-state index contributed by atoms with van der Waals surface area (Å²) in [5, 5.41) is 8.74. The normalized spacial score (nSPS) is 9.38. The van der Waals surface area contributed by atoms with Crippen LogP contribution in [0, 0.1) is 0 Å². The first-order valence-electron chi connectivity index (χ1n) is 3.50. The Hall–Kier alpha value is -1.78. The van der Waals surface area contributed by atoms with Crippen molar-refractivity contribution in [2.75, 3.05) is 14.2 Å². The first-order valence-corrected chi connectivity index (χ1v) is 3.50. The van der Waals surface area contributed by atoms with E-state index in [1.54, 1.807) is 0 Å². The number of ether oxygens (including phenoxy) is 2. The monoisotopic (exact) mass is 183 g/mol. The fourth-order valence-corrected chi connectivity index (χ4v) is 0.938. The number of aromatic nitrogens is 1. The second-order valence-electron chi connectivity index (χ2n) is 2.23. The first-order chi connectivity index (χ1) is 6.20. The number of carboxylic acid groups (broad SMARTS) is 1. The molecule has 0 unspecified atom stereocenters. The van der Waals surface area contributed by atoms with Gasteiger partial charge in [0.1, 0.15) is 5.56 Å². The summed E-state index contributed by atoms with van der Waals surface area (Å²) in [7, 11) is 2.80. The van der Waals surface area contributed by atoms with E-state index in [-0.39, 0.29) is 11.3 Å². The summed E-state index contributed by atoms with van der Waals surface area (Å²) in [6.45, 7) is 0. The van der Waals surface area contributed by atoms with Crippen molar-refractivity contribution in [3.8, 4) is 11.5 Å². The molecule has 0 radical (unpaired) electrons. The van der Waals surface area contributed by atoms with Crippen LogP contribution in [-0.4, -0.2) is 30.3 Å². The first kappa shape index (κ1) is 9.31. The number of rotatable bonds is 3. The van der Waals surface area contributed by atoms with Crippen molar-refractivity contribution < 1.29 is 19.4 Å². The summed E-state index contributed by atoms with van der Waals surface area (Å²) in [6.07, 6.45) is 2.61. The van der Waals surface area contributed by atoms with Crippen molar-refractivity contribution in [3.05, 3.63) is 18.0 Å². The Labute approximate surface area is 74.9 Å². The van der Waals surface area contributed by atoms with Crippen LogP contribution in [0.3, 0.4) is 0 Å². The van der Waals surface area contributed by atoms with Crippen LogP contribution in [0.2, 0.25) is 0 Å². The molecule has 13 heavy (non-hydrogen) atoms. The lowest BCUT2D eigenvalue weighted by molar-refractivity contribution is 0.0692. The van der Waals surface area contributed by atoms with Gasteiger partial charge in [-0.25, -0.2) is 4.79 Å². The zero-order valence-electron chi connectivity index (χ0n) is 7.27. The fraction of sp³-hybridized carbons (Fsp3) is 0.250. The van der Waals surface area contributed by atoms with Gasteiger partial charge in [-0.3, -0.25) is 4.98 Å². The zero-order valence-corrected chi connectivity index (χ0v) is 7.27. The maximum Gasteiger partial charge on any atom is 0.341 e. The molecule has 1 heterocycles. The van der Waals surface area contributed by atoms with Gasteiger partial charge in [0.2, 0.25) is 0 Å². The smallest absolute Gasteiger partial charge is 0.341 e. The van der Waals surface area contributed by atoms with E-state index in [1.807, 2.05) is 0 Å². The number of carboxylic acids is 1. The molecule has 0 spiro atoms. The SMILES string of the molecule is COc1cncc(C(=O)O)c1OC. The number of aromatic carboxylic acids is 1. The van der Waals surface area contributed by atoms with Crippen LogP contribution in [-0.2, 0) is 0 Å². The molecular weight excluding hydrogens is 174 g/mol. The highest BCUT2D eigenvalue weighted by Crippen LogP contribution is 2.28. The van der Waals surface area contributed by atoms with Crippen molar-refractivity contribution in [1.82, 2.24) is 4.98 Å². The maximum absolute atomic E-state index is 10.7. The van der Waals surface area contributed by atoms with Crippen molar-refractivity contribution in [2.45, 2.75) is 0 Å². The summed E-state index contributed by atoms with van der Waals surface area (Å²) >= 11 is 0. The van der Waals surface area contributed by atoms with Gasteiger partial charge in [0.25, 0.3) is 0 Å². The van der Waals surface area contributed by atoms with E-state index < -0.39 is 5.97 Å². The Bertz CT molecular complexity index is 324. The summed E-state index contributed by atoms with van der Waals surface area (Å²) in [5.74, 6) is -0.601. The predicted octanol–water partition coefficient (Wildman–Crippen LogP) is 0.797. The zero-order chi connectivity index (χ0) is 9.84. The van der Waals surface area contributed by atoms with Crippen LogP contribution >= 0.6 is 0 Å². The molecule has 70 valence electrons. The van der Waals surface area contributed by atoms with E-state index in [4.69, 9.17) is 14.6 Å². The van der Waals surface area contributed by atoms with Crippen LogP contribution < -0.4 is 9.47 Å². The van der Waals surface area contributed by atoms with Gasteiger partial charge in [-0.2, -0.15) is 0 Å². The van der Waals surface area contributed by atoms with Gasteiger partial charge >= 0.3 is 5.97 Å². The summed E-state index contributed by atoms with van der Waals surface area (Å²) in [6, 6.07) is 0. The van der Waals surface area contributed by atoms with Crippen LogP contribution in [0.15, 0.2) is 12.4 Å². The molecule has 5 nitrogen and oxygen atoms in total. The highest BCUT2D eigenvalue weighted by Gasteiger charge is 2.15. The van der Waals surface area contributed by atoms with Crippen LogP contribution in [0.1, 0.15) is 10.4 Å². The average Bonchev–Trinajstić information content (AvgIpc) is 2.16. The van der Waals surface area contributed by atoms with Crippen molar-refractivity contribution in [2.24, 2.45) is 0 Å². The third-order valence-corrected chi connectivity index (χ3v) is 1.52. The molecule has 0 saturated carbocycles. The fourth-order valence-electron chi connectivity index (χ4n) is 0.938. The third kappa shape index (κ3) is 1.69. The van der Waals surface area contributed by atoms with Crippen LogP contribution in [0.4, 0.5) is 0 Å².